The van der Waals surface area contributed by atoms with Crippen molar-refractivity contribution in [1.29, 1.82) is 0 Å². The molecule has 1 aliphatic heterocycles. The van der Waals surface area contributed by atoms with E-state index in [9.17, 15) is 0 Å². The van der Waals surface area contributed by atoms with Crippen LogP contribution in [-0.4, -0.2) is 11.8 Å². The molecule has 100 valence electrons. The van der Waals surface area contributed by atoms with Gasteiger partial charge in [-0.1, -0.05) is 25.1 Å². The molecule has 3 rings (SSSR count). The van der Waals surface area contributed by atoms with Crippen molar-refractivity contribution in [2.75, 3.05) is 6.54 Å². The molecule has 2 atom stereocenters. The van der Waals surface area contributed by atoms with Crippen molar-refractivity contribution in [3.05, 3.63) is 51.7 Å². The van der Waals surface area contributed by atoms with Crippen LogP contribution in [0.2, 0.25) is 0 Å². The number of aryl methyl sites for hydroxylation is 1. The molecule has 3 heteroatoms. The summed E-state index contributed by atoms with van der Waals surface area (Å²) in [6.07, 6.45) is 1.17. The minimum atomic E-state index is 0.465. The lowest BCUT2D eigenvalue weighted by Crippen LogP contribution is -2.29. The van der Waals surface area contributed by atoms with Crippen LogP contribution in [-0.2, 0) is 6.42 Å². The van der Waals surface area contributed by atoms with E-state index in [0.717, 1.165) is 6.54 Å². The largest absolute Gasteiger partial charge is 0.309 e. The molecule has 0 fully saturated rings. The van der Waals surface area contributed by atoms with E-state index in [2.05, 4.69) is 54.9 Å². The van der Waals surface area contributed by atoms with E-state index in [1.807, 2.05) is 23.1 Å². The molecule has 0 bridgehead atoms. The van der Waals surface area contributed by atoms with Gasteiger partial charge < -0.3 is 5.32 Å². The average molecular weight is 289 g/mol. The Hall–Kier alpha value is -0.770. The number of hydrogen-bond acceptors (Lipinski definition) is 3. The zero-order valence-corrected chi connectivity index (χ0v) is 13.0. The highest BCUT2D eigenvalue weighted by molar-refractivity contribution is 8.00. The van der Waals surface area contributed by atoms with Crippen LogP contribution in [0.4, 0.5) is 0 Å². The maximum Gasteiger partial charge on any atom is 0.0455 e. The highest BCUT2D eigenvalue weighted by Gasteiger charge is 2.30. The molecule has 1 N–H and O–H groups in total. The standard InChI is InChI=1S/C16H19NS2/c1-3-17-16(13-8-11(2)18-10-13)15-9-12-6-4-5-7-14(12)19-15/h4-8,10,15-17H,3,9H2,1-2H3. The zero-order chi connectivity index (χ0) is 13.2. The van der Waals surface area contributed by atoms with Gasteiger partial charge in [-0.25, -0.2) is 0 Å². The van der Waals surface area contributed by atoms with Crippen molar-refractivity contribution in [3.8, 4) is 0 Å². The first-order valence-electron chi connectivity index (χ1n) is 6.81. The van der Waals surface area contributed by atoms with Crippen LogP contribution >= 0.6 is 23.1 Å². The van der Waals surface area contributed by atoms with Crippen LogP contribution in [0, 0.1) is 6.92 Å². The smallest absolute Gasteiger partial charge is 0.0455 e. The highest BCUT2D eigenvalue weighted by Crippen LogP contribution is 2.43. The van der Waals surface area contributed by atoms with Gasteiger partial charge >= 0.3 is 0 Å². The molecule has 1 aromatic heterocycles. The molecule has 0 saturated heterocycles. The third kappa shape index (κ3) is 2.73. The van der Waals surface area contributed by atoms with Crippen LogP contribution in [0.5, 0.6) is 0 Å². The molecular formula is C16H19NS2. The third-order valence-corrected chi connectivity index (χ3v) is 5.85. The molecule has 2 heterocycles. The molecule has 1 aliphatic rings. The minimum absolute atomic E-state index is 0.465. The number of hydrogen-bond donors (Lipinski definition) is 1. The lowest BCUT2D eigenvalue weighted by molar-refractivity contribution is 0.533. The Morgan fingerprint density at radius 2 is 2.21 bits per heavy atom. The van der Waals surface area contributed by atoms with Crippen molar-refractivity contribution in [1.82, 2.24) is 5.32 Å². The second-order valence-corrected chi connectivity index (χ2v) is 7.39. The molecule has 1 nitrogen and oxygen atoms in total. The predicted octanol–water partition coefficient (Wildman–Crippen LogP) is 4.42. The van der Waals surface area contributed by atoms with E-state index >= 15 is 0 Å². The van der Waals surface area contributed by atoms with E-state index in [1.165, 1.54) is 27.3 Å². The highest BCUT2D eigenvalue weighted by atomic mass is 32.2. The van der Waals surface area contributed by atoms with Crippen LogP contribution in [0.15, 0.2) is 40.6 Å². The fourth-order valence-corrected chi connectivity index (χ4v) is 4.88. The van der Waals surface area contributed by atoms with Gasteiger partial charge in [-0.3, -0.25) is 0 Å². The van der Waals surface area contributed by atoms with Crippen LogP contribution in [0.25, 0.3) is 0 Å². The SMILES string of the molecule is CCNC(c1csc(C)c1)C1Cc2ccccc2S1. The first-order chi connectivity index (χ1) is 9.28. The van der Waals surface area contributed by atoms with Crippen molar-refractivity contribution in [3.63, 3.8) is 0 Å². The van der Waals surface area contributed by atoms with Crippen molar-refractivity contribution >= 4 is 23.1 Å². The van der Waals surface area contributed by atoms with Crippen molar-refractivity contribution in [2.24, 2.45) is 0 Å². The summed E-state index contributed by atoms with van der Waals surface area (Å²) in [5.41, 5.74) is 2.96. The summed E-state index contributed by atoms with van der Waals surface area (Å²) in [6.45, 7) is 5.40. The molecule has 0 saturated carbocycles. The van der Waals surface area contributed by atoms with Crippen LogP contribution in [0.3, 0.4) is 0 Å². The lowest BCUT2D eigenvalue weighted by atomic mass is 10.0. The Labute approximate surface area is 123 Å². The first kappa shape index (κ1) is 13.2. The summed E-state index contributed by atoms with van der Waals surface area (Å²) in [4.78, 5) is 2.86. The van der Waals surface area contributed by atoms with Gasteiger partial charge in [-0.2, -0.15) is 0 Å². The molecule has 0 radical (unpaired) electrons. The fraction of sp³-hybridized carbons (Fsp3) is 0.375. The van der Waals surface area contributed by atoms with Gasteiger partial charge in [0.15, 0.2) is 0 Å². The zero-order valence-electron chi connectivity index (χ0n) is 11.3. The van der Waals surface area contributed by atoms with Gasteiger partial charge in [0.2, 0.25) is 0 Å². The van der Waals surface area contributed by atoms with E-state index in [-0.39, 0.29) is 0 Å². The fourth-order valence-electron chi connectivity index (χ4n) is 2.71. The summed E-state index contributed by atoms with van der Waals surface area (Å²) in [5, 5.41) is 6.60. The Bertz CT molecular complexity index is 536. The molecule has 0 spiro atoms. The molecular weight excluding hydrogens is 270 g/mol. The Kier molecular flexibility index (Phi) is 3.96. The monoisotopic (exact) mass is 289 g/mol. The minimum Gasteiger partial charge on any atom is -0.309 e. The van der Waals surface area contributed by atoms with Gasteiger partial charge in [0, 0.05) is 21.1 Å². The van der Waals surface area contributed by atoms with Gasteiger partial charge in [0.1, 0.15) is 0 Å². The van der Waals surface area contributed by atoms with Gasteiger partial charge in [0.05, 0.1) is 0 Å². The second-order valence-electron chi connectivity index (χ2n) is 4.99. The number of nitrogens with one attached hydrogen (secondary N) is 1. The normalized spacial score (nSPS) is 19.4. The Balaban J connectivity index is 1.83. The number of thiophene rings is 1. The number of benzene rings is 1. The number of fused-ring (bicyclic) bond motifs is 1. The van der Waals surface area contributed by atoms with Crippen LogP contribution < -0.4 is 5.32 Å². The second kappa shape index (κ2) is 5.70. The van der Waals surface area contributed by atoms with E-state index < -0.39 is 0 Å². The van der Waals surface area contributed by atoms with E-state index in [4.69, 9.17) is 0 Å². The summed E-state index contributed by atoms with van der Waals surface area (Å²) < 4.78 is 0. The average Bonchev–Trinajstić information content (AvgIpc) is 3.01. The maximum atomic E-state index is 3.67. The Morgan fingerprint density at radius 3 is 2.89 bits per heavy atom. The molecule has 1 aromatic carbocycles. The summed E-state index contributed by atoms with van der Waals surface area (Å²) in [5.74, 6) is 0. The summed E-state index contributed by atoms with van der Waals surface area (Å²) in [7, 11) is 0. The summed E-state index contributed by atoms with van der Waals surface area (Å²) in [6, 6.07) is 11.6. The quantitative estimate of drug-likeness (QED) is 0.894. The molecule has 2 unspecified atom stereocenters. The Morgan fingerprint density at radius 1 is 1.37 bits per heavy atom. The number of rotatable bonds is 4. The predicted molar refractivity (Wildman–Crippen MR) is 85.3 cm³/mol. The summed E-state index contributed by atoms with van der Waals surface area (Å²) >= 11 is 3.88. The lowest BCUT2D eigenvalue weighted by Gasteiger charge is -2.23. The molecule has 19 heavy (non-hydrogen) atoms. The maximum absolute atomic E-state index is 3.67. The van der Waals surface area contributed by atoms with Gasteiger partial charge in [0.25, 0.3) is 0 Å². The van der Waals surface area contributed by atoms with Gasteiger partial charge in [-0.05, 0) is 48.5 Å². The molecule has 2 aromatic rings. The van der Waals surface area contributed by atoms with E-state index in [1.54, 1.807) is 0 Å². The molecule has 0 aliphatic carbocycles. The third-order valence-electron chi connectivity index (χ3n) is 3.58. The topological polar surface area (TPSA) is 12.0 Å². The first-order valence-corrected chi connectivity index (χ1v) is 8.57. The van der Waals surface area contributed by atoms with Crippen LogP contribution in [0.1, 0.15) is 29.0 Å². The van der Waals surface area contributed by atoms with Crippen molar-refractivity contribution in [2.45, 2.75) is 36.5 Å². The van der Waals surface area contributed by atoms with E-state index in [0.29, 0.717) is 11.3 Å². The van der Waals surface area contributed by atoms with Gasteiger partial charge in [-0.15, -0.1) is 23.1 Å². The van der Waals surface area contributed by atoms with Crippen molar-refractivity contribution < 1.29 is 0 Å². The molecule has 0 amide bonds. The number of thioether (sulfide) groups is 1.